The van der Waals surface area contributed by atoms with Gasteiger partial charge in [-0.15, -0.1) is 0 Å². The molecular formula is C20H18N4O. The smallest absolute Gasteiger partial charge is 0.181 e. The molecule has 0 radical (unpaired) electrons. The van der Waals surface area contributed by atoms with E-state index in [4.69, 9.17) is 0 Å². The molecule has 3 aromatic rings. The Morgan fingerprint density at radius 2 is 2.00 bits per heavy atom. The normalized spacial score (nSPS) is 13.0. The van der Waals surface area contributed by atoms with Crippen LogP contribution in [0.5, 0.6) is 0 Å². The molecule has 5 heteroatoms. The lowest BCUT2D eigenvalue weighted by Gasteiger charge is -2.22. The summed E-state index contributed by atoms with van der Waals surface area (Å²) < 4.78 is 3.66. The molecule has 0 aliphatic carbocycles. The highest BCUT2D eigenvalue weighted by molar-refractivity contribution is 6.00. The van der Waals surface area contributed by atoms with E-state index in [1.54, 1.807) is 36.7 Å². The topological polar surface area (TPSA) is 63.6 Å². The average molecular weight is 330 g/mol. The first-order valence-electron chi connectivity index (χ1n) is 7.92. The second kappa shape index (κ2) is 7.02. The summed E-state index contributed by atoms with van der Waals surface area (Å²) in [5.74, 6) is -0.937. The van der Waals surface area contributed by atoms with Gasteiger partial charge in [-0.25, -0.2) is 4.98 Å². The number of imidazole rings is 1. The fourth-order valence-electron chi connectivity index (χ4n) is 3.03. The summed E-state index contributed by atoms with van der Waals surface area (Å²) in [7, 11) is 1.86. The zero-order chi connectivity index (χ0) is 17.8. The molecule has 0 bridgehead atoms. The summed E-state index contributed by atoms with van der Waals surface area (Å²) in [6, 6.07) is 14.9. The SMILES string of the molecule is C=Cn1cccc1C(c1nccn1C)C(C#N)C(=O)c1ccccc1. The molecule has 2 atom stereocenters. The third-order valence-electron chi connectivity index (χ3n) is 4.28. The van der Waals surface area contributed by atoms with E-state index in [0.717, 1.165) is 5.69 Å². The van der Waals surface area contributed by atoms with Crippen molar-refractivity contribution in [3.8, 4) is 6.07 Å². The number of carbonyl (C=O) groups excluding carboxylic acids is 1. The first-order chi connectivity index (χ1) is 12.2. The van der Waals surface area contributed by atoms with E-state index in [1.165, 1.54) is 0 Å². The molecule has 2 unspecified atom stereocenters. The largest absolute Gasteiger partial charge is 0.337 e. The van der Waals surface area contributed by atoms with Crippen molar-refractivity contribution < 1.29 is 4.79 Å². The Kier molecular flexibility index (Phi) is 4.62. The monoisotopic (exact) mass is 330 g/mol. The highest BCUT2D eigenvalue weighted by Crippen LogP contribution is 2.33. The maximum absolute atomic E-state index is 13.0. The number of aryl methyl sites for hydroxylation is 1. The van der Waals surface area contributed by atoms with Crippen molar-refractivity contribution in [2.45, 2.75) is 5.92 Å². The van der Waals surface area contributed by atoms with Crippen LogP contribution in [-0.4, -0.2) is 19.9 Å². The highest BCUT2D eigenvalue weighted by atomic mass is 16.1. The van der Waals surface area contributed by atoms with Gasteiger partial charge in [0.2, 0.25) is 0 Å². The maximum atomic E-state index is 13.0. The van der Waals surface area contributed by atoms with Crippen molar-refractivity contribution in [3.05, 3.63) is 84.7 Å². The van der Waals surface area contributed by atoms with Crippen LogP contribution in [0.25, 0.3) is 6.20 Å². The molecule has 0 aliphatic heterocycles. The Bertz CT molecular complexity index is 930. The van der Waals surface area contributed by atoms with Crippen molar-refractivity contribution in [2.75, 3.05) is 0 Å². The first-order valence-corrected chi connectivity index (χ1v) is 7.92. The molecule has 0 aliphatic rings. The second-order valence-electron chi connectivity index (χ2n) is 5.73. The third kappa shape index (κ3) is 3.02. The van der Waals surface area contributed by atoms with Crippen LogP contribution in [-0.2, 0) is 7.05 Å². The molecule has 1 aromatic carbocycles. The van der Waals surface area contributed by atoms with E-state index in [-0.39, 0.29) is 5.78 Å². The van der Waals surface area contributed by atoms with Crippen LogP contribution < -0.4 is 0 Å². The lowest BCUT2D eigenvalue weighted by Crippen LogP contribution is -2.26. The number of nitriles is 1. The van der Waals surface area contributed by atoms with Crippen LogP contribution in [0, 0.1) is 17.2 Å². The van der Waals surface area contributed by atoms with E-state index >= 15 is 0 Å². The summed E-state index contributed by atoms with van der Waals surface area (Å²) in [5.41, 5.74) is 1.32. The Morgan fingerprint density at radius 1 is 1.24 bits per heavy atom. The fraction of sp³-hybridized carbons (Fsp3) is 0.150. The molecule has 2 heterocycles. The van der Waals surface area contributed by atoms with Gasteiger partial charge >= 0.3 is 0 Å². The van der Waals surface area contributed by atoms with Crippen molar-refractivity contribution in [1.29, 1.82) is 5.26 Å². The minimum atomic E-state index is -0.892. The fourth-order valence-corrected chi connectivity index (χ4v) is 3.03. The summed E-state index contributed by atoms with van der Waals surface area (Å²) in [5, 5.41) is 9.84. The van der Waals surface area contributed by atoms with Crippen molar-refractivity contribution in [1.82, 2.24) is 14.1 Å². The Labute approximate surface area is 146 Å². The minimum absolute atomic E-state index is 0.215. The van der Waals surface area contributed by atoms with Crippen LogP contribution >= 0.6 is 0 Å². The summed E-state index contributed by atoms with van der Waals surface area (Å²) >= 11 is 0. The van der Waals surface area contributed by atoms with Gasteiger partial charge in [0.25, 0.3) is 0 Å². The highest BCUT2D eigenvalue weighted by Gasteiger charge is 2.35. The number of hydrogen-bond donors (Lipinski definition) is 0. The number of nitrogens with zero attached hydrogens (tertiary/aromatic N) is 4. The van der Waals surface area contributed by atoms with E-state index < -0.39 is 11.8 Å². The Morgan fingerprint density at radius 3 is 2.60 bits per heavy atom. The Hall–Kier alpha value is -3.39. The predicted octanol–water partition coefficient (Wildman–Crippen LogP) is 3.48. The molecule has 0 amide bonds. The predicted molar refractivity (Wildman–Crippen MR) is 95.7 cm³/mol. The van der Waals surface area contributed by atoms with Gasteiger partial charge in [0.15, 0.2) is 5.78 Å². The summed E-state index contributed by atoms with van der Waals surface area (Å²) in [6.45, 7) is 3.81. The lowest BCUT2D eigenvalue weighted by molar-refractivity contribution is 0.0937. The zero-order valence-electron chi connectivity index (χ0n) is 13.9. The zero-order valence-corrected chi connectivity index (χ0v) is 13.9. The first kappa shape index (κ1) is 16.5. The number of rotatable bonds is 6. The molecule has 124 valence electrons. The molecule has 0 fully saturated rings. The van der Waals surface area contributed by atoms with Crippen molar-refractivity contribution in [2.24, 2.45) is 13.0 Å². The summed E-state index contributed by atoms with van der Waals surface area (Å²) in [6.07, 6.45) is 6.99. The number of ketones is 1. The van der Waals surface area contributed by atoms with E-state index in [2.05, 4.69) is 17.6 Å². The van der Waals surface area contributed by atoms with Gasteiger partial charge in [0.1, 0.15) is 11.7 Å². The van der Waals surface area contributed by atoms with Gasteiger partial charge < -0.3 is 9.13 Å². The molecule has 2 aromatic heterocycles. The average Bonchev–Trinajstić information content (AvgIpc) is 3.28. The minimum Gasteiger partial charge on any atom is -0.337 e. The lowest BCUT2D eigenvalue weighted by atomic mass is 9.83. The molecule has 5 nitrogen and oxygen atoms in total. The van der Waals surface area contributed by atoms with E-state index in [1.807, 2.05) is 46.8 Å². The van der Waals surface area contributed by atoms with E-state index in [9.17, 15) is 10.1 Å². The number of hydrogen-bond acceptors (Lipinski definition) is 3. The second-order valence-corrected chi connectivity index (χ2v) is 5.73. The van der Waals surface area contributed by atoms with Crippen LogP contribution in [0.1, 0.15) is 27.8 Å². The third-order valence-corrected chi connectivity index (χ3v) is 4.28. The Balaban J connectivity index is 2.13. The van der Waals surface area contributed by atoms with Gasteiger partial charge in [-0.2, -0.15) is 5.26 Å². The molecule has 0 saturated carbocycles. The van der Waals surface area contributed by atoms with Gasteiger partial charge in [-0.3, -0.25) is 4.79 Å². The number of Topliss-reactive ketones (excluding diaryl/α,β-unsaturated/α-hetero) is 1. The van der Waals surface area contributed by atoms with Crippen LogP contribution in [0.15, 0.2) is 67.6 Å². The molecule has 0 spiro atoms. The van der Waals surface area contributed by atoms with Gasteiger partial charge in [0.05, 0.1) is 12.0 Å². The number of benzene rings is 1. The number of carbonyl (C=O) groups is 1. The van der Waals surface area contributed by atoms with Crippen LogP contribution in [0.2, 0.25) is 0 Å². The van der Waals surface area contributed by atoms with Crippen LogP contribution in [0.4, 0.5) is 0 Å². The van der Waals surface area contributed by atoms with Gasteiger partial charge in [0, 0.05) is 43.1 Å². The molecule has 0 N–H and O–H groups in total. The number of aromatic nitrogens is 3. The molecule has 3 rings (SSSR count). The van der Waals surface area contributed by atoms with Gasteiger partial charge in [-0.1, -0.05) is 36.9 Å². The summed E-state index contributed by atoms with van der Waals surface area (Å²) in [4.78, 5) is 17.4. The van der Waals surface area contributed by atoms with Crippen LogP contribution in [0.3, 0.4) is 0 Å². The van der Waals surface area contributed by atoms with Crippen molar-refractivity contribution in [3.63, 3.8) is 0 Å². The maximum Gasteiger partial charge on any atom is 0.181 e. The van der Waals surface area contributed by atoms with Gasteiger partial charge in [-0.05, 0) is 12.1 Å². The van der Waals surface area contributed by atoms with E-state index in [0.29, 0.717) is 11.4 Å². The van der Waals surface area contributed by atoms with Crippen molar-refractivity contribution >= 4 is 12.0 Å². The quantitative estimate of drug-likeness (QED) is 0.650. The molecule has 25 heavy (non-hydrogen) atoms. The standard InChI is InChI=1S/C20H18N4O/c1-3-24-12-7-10-17(24)18(20-22-11-13-23(20)2)16(14-21)19(25)15-8-5-4-6-9-15/h3-13,16,18H,1H2,2H3. The molecular weight excluding hydrogens is 312 g/mol. The molecule has 0 saturated heterocycles.